The smallest absolute Gasteiger partial charge is 0.320 e. The highest BCUT2D eigenvalue weighted by Gasteiger charge is 2.31. The summed E-state index contributed by atoms with van der Waals surface area (Å²) < 4.78 is 9.93. The first-order valence-electron chi connectivity index (χ1n) is 7.08. The molecule has 0 heterocycles. The topological polar surface area (TPSA) is 52.6 Å². The van der Waals surface area contributed by atoms with Gasteiger partial charge in [-0.3, -0.25) is 9.59 Å². The second-order valence-electron chi connectivity index (χ2n) is 4.71. The molecule has 1 unspecified atom stereocenters. The third kappa shape index (κ3) is 5.05. The van der Waals surface area contributed by atoms with E-state index in [2.05, 4.69) is 0 Å². The Hall–Kier alpha value is -1.55. The van der Waals surface area contributed by atoms with E-state index in [9.17, 15) is 9.59 Å². The van der Waals surface area contributed by atoms with Crippen LogP contribution in [0.3, 0.4) is 0 Å². The van der Waals surface area contributed by atoms with Gasteiger partial charge in [0.1, 0.15) is 0 Å². The lowest BCUT2D eigenvalue weighted by atomic mass is 9.90. The minimum atomic E-state index is -0.920. The lowest BCUT2D eigenvalue weighted by molar-refractivity contribution is -0.162. The average molecular weight is 313 g/mol. The minimum absolute atomic E-state index is 0.0579. The largest absolute Gasteiger partial charge is 0.465 e. The molecular formula is C16H21ClO4. The zero-order valence-electron chi connectivity index (χ0n) is 12.6. The number of hydrogen-bond donors (Lipinski definition) is 0. The molecule has 0 amide bonds. The lowest BCUT2D eigenvalue weighted by Crippen LogP contribution is -2.29. The van der Waals surface area contributed by atoms with Gasteiger partial charge in [-0.2, -0.15) is 0 Å². The Morgan fingerprint density at radius 1 is 1.10 bits per heavy atom. The van der Waals surface area contributed by atoms with Crippen molar-refractivity contribution in [2.45, 2.75) is 33.1 Å². The van der Waals surface area contributed by atoms with Gasteiger partial charge in [0.15, 0.2) is 5.92 Å². The molecule has 5 heteroatoms. The molecule has 1 aromatic rings. The second kappa shape index (κ2) is 8.67. The van der Waals surface area contributed by atoms with Crippen LogP contribution in [0.1, 0.15) is 38.7 Å². The predicted molar refractivity (Wildman–Crippen MR) is 81.2 cm³/mol. The first-order valence-corrected chi connectivity index (χ1v) is 7.46. The minimum Gasteiger partial charge on any atom is -0.465 e. The summed E-state index contributed by atoms with van der Waals surface area (Å²) in [6.45, 7) is 5.80. The number of halogens is 1. The van der Waals surface area contributed by atoms with E-state index < -0.39 is 17.9 Å². The summed E-state index contributed by atoms with van der Waals surface area (Å²) in [7, 11) is 0. The summed E-state index contributed by atoms with van der Waals surface area (Å²) in [5, 5.41) is 0.622. The van der Waals surface area contributed by atoms with Crippen LogP contribution >= 0.6 is 11.6 Å². The van der Waals surface area contributed by atoms with Gasteiger partial charge in [-0.1, -0.05) is 36.7 Å². The van der Waals surface area contributed by atoms with Gasteiger partial charge >= 0.3 is 11.9 Å². The fourth-order valence-electron chi connectivity index (χ4n) is 2.13. The molecule has 0 saturated carbocycles. The van der Waals surface area contributed by atoms with Gasteiger partial charge in [0.2, 0.25) is 0 Å². The fraction of sp³-hybridized carbons (Fsp3) is 0.500. The highest BCUT2D eigenvalue weighted by Crippen LogP contribution is 2.30. The van der Waals surface area contributed by atoms with E-state index in [1.807, 2.05) is 25.1 Å². The molecule has 0 bridgehead atoms. The van der Waals surface area contributed by atoms with E-state index in [4.69, 9.17) is 21.1 Å². The van der Waals surface area contributed by atoms with Crippen molar-refractivity contribution in [2.24, 2.45) is 5.92 Å². The molecule has 1 atom stereocenters. The highest BCUT2D eigenvalue weighted by atomic mass is 35.5. The van der Waals surface area contributed by atoms with Gasteiger partial charge in [0.25, 0.3) is 0 Å². The Morgan fingerprint density at radius 2 is 1.62 bits per heavy atom. The number of rotatable bonds is 7. The molecular weight excluding hydrogens is 292 g/mol. The van der Waals surface area contributed by atoms with Gasteiger partial charge in [-0.15, -0.1) is 0 Å². The molecule has 1 rings (SSSR count). The van der Waals surface area contributed by atoms with Crippen molar-refractivity contribution >= 4 is 23.5 Å². The van der Waals surface area contributed by atoms with Crippen molar-refractivity contribution in [1.82, 2.24) is 0 Å². The summed E-state index contributed by atoms with van der Waals surface area (Å²) >= 11 is 6.15. The van der Waals surface area contributed by atoms with E-state index in [0.29, 0.717) is 11.4 Å². The number of benzene rings is 1. The maximum absolute atomic E-state index is 12.0. The summed E-state index contributed by atoms with van der Waals surface area (Å²) in [5.74, 6) is -2.07. The number of carbonyl (C=O) groups is 2. The first-order chi connectivity index (χ1) is 10.0. The van der Waals surface area contributed by atoms with Gasteiger partial charge in [-0.25, -0.2) is 0 Å². The van der Waals surface area contributed by atoms with E-state index in [-0.39, 0.29) is 19.1 Å². The van der Waals surface area contributed by atoms with Crippen LogP contribution in [0, 0.1) is 5.92 Å². The predicted octanol–water partition coefficient (Wildman–Crippen LogP) is 3.58. The van der Waals surface area contributed by atoms with Crippen molar-refractivity contribution in [3.05, 3.63) is 34.9 Å². The molecule has 0 aliphatic carbocycles. The molecule has 0 N–H and O–H groups in total. The molecule has 0 aromatic heterocycles. The van der Waals surface area contributed by atoms with Gasteiger partial charge in [0, 0.05) is 5.02 Å². The maximum atomic E-state index is 12.0. The molecule has 21 heavy (non-hydrogen) atoms. The molecule has 0 spiro atoms. The molecule has 116 valence electrons. The molecule has 0 aliphatic heterocycles. The van der Waals surface area contributed by atoms with E-state index in [0.717, 1.165) is 5.56 Å². The van der Waals surface area contributed by atoms with Crippen LogP contribution in [0.15, 0.2) is 24.3 Å². The Labute approximate surface area is 130 Å². The van der Waals surface area contributed by atoms with Crippen LogP contribution in [0.2, 0.25) is 5.02 Å². The molecule has 0 aliphatic rings. The Bertz CT molecular complexity index is 469. The van der Waals surface area contributed by atoms with Crippen molar-refractivity contribution < 1.29 is 19.1 Å². The number of esters is 2. The quantitative estimate of drug-likeness (QED) is 0.570. The summed E-state index contributed by atoms with van der Waals surface area (Å²) in [4.78, 5) is 23.9. The Morgan fingerprint density at radius 3 is 2.10 bits per heavy atom. The van der Waals surface area contributed by atoms with Crippen LogP contribution in [-0.4, -0.2) is 25.2 Å². The average Bonchev–Trinajstić information content (AvgIpc) is 2.45. The third-order valence-corrected chi connectivity index (χ3v) is 3.51. The van der Waals surface area contributed by atoms with Crippen LogP contribution in [0.4, 0.5) is 0 Å². The van der Waals surface area contributed by atoms with Gasteiger partial charge in [-0.05, 0) is 37.8 Å². The molecule has 0 saturated heterocycles. The lowest BCUT2D eigenvalue weighted by Gasteiger charge is -2.19. The number of ether oxygens (including phenoxy) is 2. The van der Waals surface area contributed by atoms with Gasteiger partial charge < -0.3 is 9.47 Å². The normalized spacial score (nSPS) is 12.0. The molecule has 0 fully saturated rings. The van der Waals surface area contributed by atoms with E-state index in [1.165, 1.54) is 0 Å². The monoisotopic (exact) mass is 312 g/mol. The Balaban J connectivity index is 2.87. The van der Waals surface area contributed by atoms with Crippen molar-refractivity contribution in [1.29, 1.82) is 0 Å². The number of hydrogen-bond acceptors (Lipinski definition) is 4. The zero-order valence-corrected chi connectivity index (χ0v) is 13.4. The maximum Gasteiger partial charge on any atom is 0.320 e. The van der Waals surface area contributed by atoms with E-state index in [1.54, 1.807) is 19.9 Å². The first kappa shape index (κ1) is 17.5. The summed E-state index contributed by atoms with van der Waals surface area (Å²) in [6.07, 6.45) is 0.307. The fourth-order valence-corrected chi connectivity index (χ4v) is 2.45. The van der Waals surface area contributed by atoms with Crippen LogP contribution in [0.25, 0.3) is 0 Å². The van der Waals surface area contributed by atoms with Crippen molar-refractivity contribution in [2.75, 3.05) is 13.2 Å². The summed E-state index contributed by atoms with van der Waals surface area (Å²) in [6, 6.07) is 7.39. The molecule has 4 nitrogen and oxygen atoms in total. The molecule has 1 aromatic carbocycles. The third-order valence-electron chi connectivity index (χ3n) is 3.17. The van der Waals surface area contributed by atoms with Gasteiger partial charge in [0.05, 0.1) is 13.2 Å². The van der Waals surface area contributed by atoms with E-state index >= 15 is 0 Å². The van der Waals surface area contributed by atoms with Crippen LogP contribution in [-0.2, 0) is 19.1 Å². The number of carbonyl (C=O) groups excluding carboxylic acids is 2. The van der Waals surface area contributed by atoms with Crippen molar-refractivity contribution in [3.8, 4) is 0 Å². The standard InChI is InChI=1S/C16H21ClO4/c1-4-20-15(18)13(16(19)21-5-2)10-11(3)12-8-6-7-9-14(12)17/h6-9,11,13H,4-5,10H2,1-3H3. The zero-order chi connectivity index (χ0) is 15.8. The second-order valence-corrected chi connectivity index (χ2v) is 5.12. The molecule has 0 radical (unpaired) electrons. The Kier molecular flexibility index (Phi) is 7.23. The SMILES string of the molecule is CCOC(=O)C(CC(C)c1ccccc1Cl)C(=O)OCC. The van der Waals surface area contributed by atoms with Crippen LogP contribution < -0.4 is 0 Å². The summed E-state index contributed by atoms with van der Waals surface area (Å²) in [5.41, 5.74) is 0.901. The van der Waals surface area contributed by atoms with Crippen molar-refractivity contribution in [3.63, 3.8) is 0 Å². The highest BCUT2D eigenvalue weighted by molar-refractivity contribution is 6.31. The van der Waals surface area contributed by atoms with Crippen LogP contribution in [0.5, 0.6) is 0 Å².